The Kier molecular flexibility index (Phi) is 3.31. The number of rotatable bonds is 2. The second-order valence-electron chi connectivity index (χ2n) is 5.18. The Hall–Kier alpha value is -2.08. The van der Waals surface area contributed by atoms with Crippen LogP contribution in [-0.2, 0) is 16.0 Å². The fourth-order valence-corrected chi connectivity index (χ4v) is 2.74. The van der Waals surface area contributed by atoms with Crippen LogP contribution in [0.4, 0.5) is 0 Å². The average molecular weight is 275 g/mol. The number of aromatic hydroxyl groups is 1. The van der Waals surface area contributed by atoms with Gasteiger partial charge in [0.2, 0.25) is 11.8 Å². The molecule has 1 aromatic carbocycles. The summed E-state index contributed by atoms with van der Waals surface area (Å²) in [7, 11) is 0. The minimum Gasteiger partial charge on any atom is -0.508 e. The van der Waals surface area contributed by atoms with E-state index in [1.165, 1.54) is 0 Å². The van der Waals surface area contributed by atoms with Gasteiger partial charge in [-0.05, 0) is 17.7 Å². The van der Waals surface area contributed by atoms with Crippen LogP contribution in [0.15, 0.2) is 24.3 Å². The van der Waals surface area contributed by atoms with Gasteiger partial charge in [0.25, 0.3) is 0 Å². The second kappa shape index (κ2) is 5.13. The Morgan fingerprint density at radius 1 is 1.25 bits per heavy atom. The van der Waals surface area contributed by atoms with Crippen molar-refractivity contribution in [1.82, 2.24) is 15.5 Å². The van der Waals surface area contributed by atoms with E-state index in [9.17, 15) is 14.7 Å². The lowest BCUT2D eigenvalue weighted by atomic mass is 9.99. The van der Waals surface area contributed by atoms with Gasteiger partial charge in [-0.15, -0.1) is 0 Å². The molecule has 0 saturated carbocycles. The molecule has 0 spiro atoms. The lowest BCUT2D eigenvalue weighted by Gasteiger charge is -2.41. The molecule has 2 aliphatic rings. The molecule has 6 nitrogen and oxygen atoms in total. The molecule has 1 aromatic rings. The number of nitrogens with zero attached hydrogens (tertiary/aromatic N) is 1. The molecule has 0 radical (unpaired) electrons. The van der Waals surface area contributed by atoms with E-state index in [2.05, 4.69) is 10.6 Å². The summed E-state index contributed by atoms with van der Waals surface area (Å²) in [4.78, 5) is 26.1. The van der Waals surface area contributed by atoms with Crippen LogP contribution < -0.4 is 10.6 Å². The average Bonchev–Trinajstić information content (AvgIpc) is 2.47. The summed E-state index contributed by atoms with van der Waals surface area (Å²) < 4.78 is 0. The molecule has 6 heteroatoms. The molecule has 0 unspecified atom stereocenters. The van der Waals surface area contributed by atoms with Crippen molar-refractivity contribution in [3.05, 3.63) is 29.8 Å². The first kappa shape index (κ1) is 12.9. The molecular weight excluding hydrogens is 258 g/mol. The molecule has 2 saturated heterocycles. The highest BCUT2D eigenvalue weighted by Crippen LogP contribution is 2.17. The van der Waals surface area contributed by atoms with Crippen LogP contribution in [0.25, 0.3) is 0 Å². The number of phenolic OH excluding ortho intramolecular Hbond substituents is 1. The van der Waals surface area contributed by atoms with E-state index in [-0.39, 0.29) is 23.6 Å². The molecule has 2 amide bonds. The van der Waals surface area contributed by atoms with E-state index >= 15 is 0 Å². The normalized spacial score (nSPS) is 26.1. The van der Waals surface area contributed by atoms with E-state index in [1.54, 1.807) is 29.2 Å². The summed E-state index contributed by atoms with van der Waals surface area (Å²) in [6.07, 6.45) is 0.446. The van der Waals surface area contributed by atoms with Gasteiger partial charge in [-0.1, -0.05) is 12.1 Å². The molecule has 2 atom stereocenters. The maximum Gasteiger partial charge on any atom is 0.246 e. The zero-order chi connectivity index (χ0) is 14.1. The van der Waals surface area contributed by atoms with Gasteiger partial charge in [0.15, 0.2) is 0 Å². The van der Waals surface area contributed by atoms with Crippen LogP contribution in [0.1, 0.15) is 5.56 Å². The first-order valence-corrected chi connectivity index (χ1v) is 6.74. The standard InChI is InChI=1S/C14H17N3O3/c18-10-3-1-9(2-4-10)7-11-14(20)17-6-5-15-8-12(17)13(19)16-11/h1-4,11-12,15,18H,5-8H2,(H,16,19)/t11-,12-/m1/s1. The van der Waals surface area contributed by atoms with Crippen molar-refractivity contribution < 1.29 is 14.7 Å². The number of amides is 2. The monoisotopic (exact) mass is 275 g/mol. The molecule has 0 aromatic heterocycles. The van der Waals surface area contributed by atoms with Crippen LogP contribution in [0.3, 0.4) is 0 Å². The summed E-state index contributed by atoms with van der Waals surface area (Å²) in [5.41, 5.74) is 0.912. The predicted octanol–water partition coefficient (Wildman–Crippen LogP) is -0.766. The summed E-state index contributed by atoms with van der Waals surface area (Å²) in [5, 5.41) is 15.2. The Labute approximate surface area is 116 Å². The van der Waals surface area contributed by atoms with E-state index in [0.717, 1.165) is 12.1 Å². The number of phenols is 1. The van der Waals surface area contributed by atoms with Crippen LogP contribution in [0, 0.1) is 0 Å². The molecule has 3 rings (SSSR count). The lowest BCUT2D eigenvalue weighted by Crippen LogP contribution is -2.69. The molecular formula is C14H17N3O3. The van der Waals surface area contributed by atoms with Crippen molar-refractivity contribution in [2.24, 2.45) is 0 Å². The van der Waals surface area contributed by atoms with Crippen LogP contribution in [-0.4, -0.2) is 53.5 Å². The fraction of sp³-hybridized carbons (Fsp3) is 0.429. The zero-order valence-electron chi connectivity index (χ0n) is 11.0. The molecule has 106 valence electrons. The fourth-order valence-electron chi connectivity index (χ4n) is 2.74. The molecule has 2 fully saturated rings. The third kappa shape index (κ3) is 2.34. The topological polar surface area (TPSA) is 81.7 Å². The largest absolute Gasteiger partial charge is 0.508 e. The smallest absolute Gasteiger partial charge is 0.246 e. The van der Waals surface area contributed by atoms with Crippen LogP contribution >= 0.6 is 0 Å². The summed E-state index contributed by atoms with van der Waals surface area (Å²) in [6, 6.07) is 5.79. The Bertz CT molecular complexity index is 529. The Morgan fingerprint density at radius 3 is 2.75 bits per heavy atom. The summed E-state index contributed by atoms with van der Waals surface area (Å²) in [6.45, 7) is 1.81. The third-order valence-corrected chi connectivity index (χ3v) is 3.82. The van der Waals surface area contributed by atoms with Gasteiger partial charge in [-0.25, -0.2) is 0 Å². The Balaban J connectivity index is 1.75. The second-order valence-corrected chi connectivity index (χ2v) is 5.18. The van der Waals surface area contributed by atoms with Gasteiger partial charge in [-0.2, -0.15) is 0 Å². The highest BCUT2D eigenvalue weighted by Gasteiger charge is 2.41. The minimum atomic E-state index is -0.513. The van der Waals surface area contributed by atoms with Gasteiger partial charge in [0, 0.05) is 26.1 Å². The predicted molar refractivity (Wildman–Crippen MR) is 72.1 cm³/mol. The van der Waals surface area contributed by atoms with E-state index < -0.39 is 6.04 Å². The molecule has 2 heterocycles. The summed E-state index contributed by atoms with van der Waals surface area (Å²) >= 11 is 0. The molecule has 2 aliphatic heterocycles. The number of hydrogen-bond acceptors (Lipinski definition) is 4. The number of benzene rings is 1. The van der Waals surface area contributed by atoms with Gasteiger partial charge >= 0.3 is 0 Å². The highest BCUT2D eigenvalue weighted by atomic mass is 16.3. The number of carbonyl (C=O) groups excluding carboxylic acids is 2. The number of fused-ring (bicyclic) bond motifs is 1. The first-order valence-electron chi connectivity index (χ1n) is 6.74. The lowest BCUT2D eigenvalue weighted by molar-refractivity contribution is -0.150. The van der Waals surface area contributed by atoms with Gasteiger partial charge in [-0.3, -0.25) is 9.59 Å². The van der Waals surface area contributed by atoms with Gasteiger partial charge in [0.1, 0.15) is 17.8 Å². The van der Waals surface area contributed by atoms with Crippen molar-refractivity contribution in [1.29, 1.82) is 0 Å². The maximum atomic E-state index is 12.4. The van der Waals surface area contributed by atoms with E-state index in [4.69, 9.17) is 0 Å². The minimum absolute atomic E-state index is 0.0239. The van der Waals surface area contributed by atoms with Crippen molar-refractivity contribution in [2.45, 2.75) is 18.5 Å². The molecule has 0 bridgehead atoms. The first-order chi connectivity index (χ1) is 9.65. The maximum absolute atomic E-state index is 12.4. The van der Waals surface area contributed by atoms with Gasteiger partial charge in [0.05, 0.1) is 0 Å². The Morgan fingerprint density at radius 2 is 2.00 bits per heavy atom. The van der Waals surface area contributed by atoms with Crippen LogP contribution in [0.5, 0.6) is 5.75 Å². The number of hydrogen-bond donors (Lipinski definition) is 3. The van der Waals surface area contributed by atoms with E-state index in [1.807, 2.05) is 0 Å². The number of piperazine rings is 2. The van der Waals surface area contributed by atoms with Crippen molar-refractivity contribution in [3.63, 3.8) is 0 Å². The number of nitrogens with one attached hydrogen (secondary N) is 2. The van der Waals surface area contributed by atoms with Crippen LogP contribution in [0.2, 0.25) is 0 Å². The highest BCUT2D eigenvalue weighted by molar-refractivity contribution is 5.97. The van der Waals surface area contributed by atoms with Crippen molar-refractivity contribution >= 4 is 11.8 Å². The SMILES string of the molecule is O=C1N[C@H](Cc2ccc(O)cc2)C(=O)N2CCNC[C@H]12. The molecule has 20 heavy (non-hydrogen) atoms. The summed E-state index contributed by atoms with van der Waals surface area (Å²) in [5.74, 6) is 0.0691. The van der Waals surface area contributed by atoms with Crippen molar-refractivity contribution in [2.75, 3.05) is 19.6 Å². The van der Waals surface area contributed by atoms with Crippen molar-refractivity contribution in [3.8, 4) is 5.75 Å². The molecule has 3 N–H and O–H groups in total. The molecule has 0 aliphatic carbocycles. The van der Waals surface area contributed by atoms with Gasteiger partial charge < -0.3 is 20.6 Å². The van der Waals surface area contributed by atoms with E-state index in [0.29, 0.717) is 19.5 Å². The quantitative estimate of drug-likeness (QED) is 0.662. The number of carbonyl (C=O) groups is 2. The zero-order valence-corrected chi connectivity index (χ0v) is 11.0. The third-order valence-electron chi connectivity index (χ3n) is 3.82.